The Morgan fingerprint density at radius 3 is 2.64 bits per heavy atom. The van der Waals surface area contributed by atoms with Gasteiger partial charge in [0.25, 0.3) is 0 Å². The highest BCUT2D eigenvalue weighted by Gasteiger charge is 2.18. The Morgan fingerprint density at radius 2 is 1.95 bits per heavy atom. The zero-order chi connectivity index (χ0) is 15.4. The van der Waals surface area contributed by atoms with Crippen LogP contribution in [0.15, 0.2) is 36.5 Å². The zero-order valence-electron chi connectivity index (χ0n) is 12.8. The zero-order valence-corrected chi connectivity index (χ0v) is 12.8. The molecule has 1 unspecified atom stereocenters. The molecule has 0 radical (unpaired) electrons. The van der Waals surface area contributed by atoms with Gasteiger partial charge in [-0.05, 0) is 6.92 Å². The Labute approximate surface area is 130 Å². The summed E-state index contributed by atoms with van der Waals surface area (Å²) in [6, 6.07) is 9.87. The first-order valence-electron chi connectivity index (χ1n) is 7.61. The van der Waals surface area contributed by atoms with Crippen LogP contribution in [0.1, 0.15) is 17.4 Å². The number of β-amino-alcohol motifs (C(OH)–C–C–N with tert-alkyl or cyclic N) is 1. The van der Waals surface area contributed by atoms with E-state index in [-0.39, 0.29) is 0 Å². The van der Waals surface area contributed by atoms with E-state index in [1.807, 2.05) is 37.3 Å². The Kier molecular flexibility index (Phi) is 4.77. The lowest BCUT2D eigenvalue weighted by Crippen LogP contribution is -2.39. The first kappa shape index (κ1) is 15.1. The fourth-order valence-corrected chi connectivity index (χ4v) is 2.66. The Bertz CT molecular complexity index is 613. The second-order valence-electron chi connectivity index (χ2n) is 5.53. The highest BCUT2D eigenvalue weighted by molar-refractivity contribution is 5.54. The van der Waals surface area contributed by atoms with Gasteiger partial charge in [-0.15, -0.1) is 0 Å². The highest BCUT2D eigenvalue weighted by atomic mass is 16.5. The van der Waals surface area contributed by atoms with Crippen molar-refractivity contribution in [3.63, 3.8) is 0 Å². The lowest BCUT2D eigenvalue weighted by Gasteiger charge is -2.28. The molecule has 22 heavy (non-hydrogen) atoms. The number of rotatable bonds is 4. The van der Waals surface area contributed by atoms with Crippen LogP contribution in [0.5, 0.6) is 0 Å². The van der Waals surface area contributed by atoms with Gasteiger partial charge in [0.2, 0.25) is 0 Å². The van der Waals surface area contributed by atoms with Gasteiger partial charge in [-0.2, -0.15) is 0 Å². The van der Waals surface area contributed by atoms with Crippen molar-refractivity contribution in [2.45, 2.75) is 13.0 Å². The molecule has 5 nitrogen and oxygen atoms in total. The van der Waals surface area contributed by atoms with Crippen LogP contribution in [-0.2, 0) is 4.74 Å². The third-order valence-electron chi connectivity index (χ3n) is 3.94. The van der Waals surface area contributed by atoms with Gasteiger partial charge >= 0.3 is 0 Å². The first-order chi connectivity index (χ1) is 10.7. The molecule has 1 aromatic carbocycles. The monoisotopic (exact) mass is 299 g/mol. The molecule has 0 aliphatic carbocycles. The number of aliphatic hydroxyl groups is 1. The smallest absolute Gasteiger partial charge is 0.159 e. The summed E-state index contributed by atoms with van der Waals surface area (Å²) in [5.41, 5.74) is 2.61. The summed E-state index contributed by atoms with van der Waals surface area (Å²) in [6.45, 7) is 5.70. The summed E-state index contributed by atoms with van der Waals surface area (Å²) in [6.07, 6.45) is 1.18. The lowest BCUT2D eigenvalue weighted by molar-refractivity contribution is 0.0141. The molecule has 2 heterocycles. The molecule has 1 fully saturated rings. The average molecular weight is 299 g/mol. The highest BCUT2D eigenvalue weighted by Crippen LogP contribution is 2.20. The summed E-state index contributed by atoms with van der Waals surface area (Å²) >= 11 is 0. The summed E-state index contributed by atoms with van der Waals surface area (Å²) in [5, 5.41) is 10.5. The minimum absolute atomic E-state index is 0.567. The van der Waals surface area contributed by atoms with Crippen LogP contribution in [0.25, 0.3) is 11.4 Å². The minimum Gasteiger partial charge on any atom is -0.387 e. The van der Waals surface area contributed by atoms with Crippen LogP contribution in [0.2, 0.25) is 0 Å². The SMILES string of the molecule is Cc1nc(-c2ccccc2)ncc1C(O)CN1CCOCC1. The number of ether oxygens (including phenoxy) is 1. The molecule has 5 heteroatoms. The third-order valence-corrected chi connectivity index (χ3v) is 3.94. The molecule has 0 spiro atoms. The number of nitrogens with zero attached hydrogens (tertiary/aromatic N) is 3. The predicted octanol–water partition coefficient (Wildman–Crippen LogP) is 1.82. The van der Waals surface area contributed by atoms with Gasteiger partial charge in [0.15, 0.2) is 5.82 Å². The van der Waals surface area contributed by atoms with Crippen LogP contribution < -0.4 is 0 Å². The Morgan fingerprint density at radius 1 is 1.23 bits per heavy atom. The average Bonchev–Trinajstić information content (AvgIpc) is 2.56. The van der Waals surface area contributed by atoms with E-state index in [9.17, 15) is 5.11 Å². The molecule has 0 saturated carbocycles. The Balaban J connectivity index is 1.74. The fraction of sp³-hybridized carbons (Fsp3) is 0.412. The quantitative estimate of drug-likeness (QED) is 0.933. The molecule has 1 N–H and O–H groups in total. The Hall–Kier alpha value is -1.82. The van der Waals surface area contributed by atoms with Gasteiger partial charge in [-0.1, -0.05) is 30.3 Å². The molecule has 1 saturated heterocycles. The molecule has 1 aliphatic heterocycles. The van der Waals surface area contributed by atoms with Gasteiger partial charge in [0.1, 0.15) is 0 Å². The van der Waals surface area contributed by atoms with Crippen LogP contribution in [-0.4, -0.2) is 52.8 Å². The number of aromatic nitrogens is 2. The van der Waals surface area contributed by atoms with Crippen molar-refractivity contribution in [1.82, 2.24) is 14.9 Å². The summed E-state index contributed by atoms with van der Waals surface area (Å²) in [7, 11) is 0. The maximum Gasteiger partial charge on any atom is 0.159 e. The number of benzene rings is 1. The number of morpholine rings is 1. The molecule has 0 amide bonds. The topological polar surface area (TPSA) is 58.5 Å². The second-order valence-corrected chi connectivity index (χ2v) is 5.53. The molecular formula is C17H21N3O2. The van der Waals surface area contributed by atoms with Crippen molar-refractivity contribution in [2.24, 2.45) is 0 Å². The number of hydrogen-bond acceptors (Lipinski definition) is 5. The molecular weight excluding hydrogens is 278 g/mol. The van der Waals surface area contributed by atoms with E-state index >= 15 is 0 Å². The molecule has 3 rings (SSSR count). The van der Waals surface area contributed by atoms with Crippen LogP contribution >= 0.6 is 0 Å². The van der Waals surface area contributed by atoms with E-state index in [1.54, 1.807) is 6.20 Å². The van der Waals surface area contributed by atoms with Crippen LogP contribution in [0, 0.1) is 6.92 Å². The van der Waals surface area contributed by atoms with Crippen molar-refractivity contribution < 1.29 is 9.84 Å². The number of aliphatic hydroxyl groups excluding tert-OH is 1. The summed E-state index contributed by atoms with van der Waals surface area (Å²) in [4.78, 5) is 11.2. The number of hydrogen-bond donors (Lipinski definition) is 1. The van der Waals surface area contributed by atoms with Crippen molar-refractivity contribution in [1.29, 1.82) is 0 Å². The van der Waals surface area contributed by atoms with Crippen molar-refractivity contribution in [3.8, 4) is 11.4 Å². The second kappa shape index (κ2) is 6.96. The van der Waals surface area contributed by atoms with Crippen molar-refractivity contribution in [2.75, 3.05) is 32.8 Å². The molecule has 2 aromatic rings. The largest absolute Gasteiger partial charge is 0.387 e. The van der Waals surface area contributed by atoms with Crippen LogP contribution in [0.3, 0.4) is 0 Å². The van der Waals surface area contributed by atoms with E-state index in [2.05, 4.69) is 14.9 Å². The minimum atomic E-state index is -0.567. The normalized spacial score (nSPS) is 17.4. The first-order valence-corrected chi connectivity index (χ1v) is 7.61. The maximum atomic E-state index is 10.5. The molecule has 116 valence electrons. The van der Waals surface area contributed by atoms with Gasteiger partial charge in [0.05, 0.1) is 19.3 Å². The van der Waals surface area contributed by atoms with Gasteiger partial charge in [-0.3, -0.25) is 4.90 Å². The summed E-state index contributed by atoms with van der Waals surface area (Å²) < 4.78 is 5.33. The fourth-order valence-electron chi connectivity index (χ4n) is 2.66. The van der Waals surface area contributed by atoms with E-state index < -0.39 is 6.10 Å². The van der Waals surface area contributed by atoms with Crippen molar-refractivity contribution in [3.05, 3.63) is 47.8 Å². The maximum absolute atomic E-state index is 10.5. The summed E-state index contributed by atoms with van der Waals surface area (Å²) in [5.74, 6) is 0.695. The third kappa shape index (κ3) is 3.50. The van der Waals surface area contributed by atoms with Gasteiger partial charge in [0, 0.05) is 42.7 Å². The predicted molar refractivity (Wildman–Crippen MR) is 84.4 cm³/mol. The molecule has 1 aliphatic rings. The molecule has 1 atom stereocenters. The van der Waals surface area contributed by atoms with Gasteiger partial charge in [-0.25, -0.2) is 9.97 Å². The van der Waals surface area contributed by atoms with Gasteiger partial charge < -0.3 is 9.84 Å². The van der Waals surface area contributed by atoms with E-state index in [4.69, 9.17) is 4.74 Å². The van der Waals surface area contributed by atoms with E-state index in [0.29, 0.717) is 12.4 Å². The molecule has 0 bridgehead atoms. The van der Waals surface area contributed by atoms with Crippen molar-refractivity contribution >= 4 is 0 Å². The van der Waals surface area contributed by atoms with E-state index in [0.717, 1.165) is 43.1 Å². The van der Waals surface area contributed by atoms with Crippen LogP contribution in [0.4, 0.5) is 0 Å². The standard InChI is InChI=1S/C17H21N3O2/c1-13-15(16(21)12-20-7-9-22-10-8-20)11-18-17(19-13)14-5-3-2-4-6-14/h2-6,11,16,21H,7-10,12H2,1H3. The molecule has 1 aromatic heterocycles. The number of aryl methyl sites for hydroxylation is 1. The van der Waals surface area contributed by atoms with E-state index in [1.165, 1.54) is 0 Å². The lowest BCUT2D eigenvalue weighted by atomic mass is 10.1.